The molecule has 25 heavy (non-hydrogen) atoms. The summed E-state index contributed by atoms with van der Waals surface area (Å²) in [5.74, 6) is 0. The zero-order valence-electron chi connectivity index (χ0n) is 15.2. The van der Waals surface area contributed by atoms with Crippen LogP contribution < -0.4 is 5.32 Å². The third kappa shape index (κ3) is 5.44. The maximum Gasteiger partial charge on any atom is 0.317 e. The number of hydrogen-bond acceptors (Lipinski definition) is 3. The van der Waals surface area contributed by atoms with Crippen LogP contribution in [0, 0.1) is 0 Å². The number of ether oxygens (including phenoxy) is 1. The second-order valence-corrected chi connectivity index (χ2v) is 7.01. The number of carbonyl (C=O) groups is 1. The van der Waals surface area contributed by atoms with Crippen LogP contribution in [0.3, 0.4) is 0 Å². The van der Waals surface area contributed by atoms with Gasteiger partial charge in [-0.3, -0.25) is 4.90 Å². The first-order valence-electron chi connectivity index (χ1n) is 9.74. The van der Waals surface area contributed by atoms with Crippen molar-refractivity contribution in [2.75, 3.05) is 45.9 Å². The molecule has 138 valence electrons. The fraction of sp³-hybridized carbons (Fsp3) is 0.650. The van der Waals surface area contributed by atoms with E-state index < -0.39 is 0 Å². The minimum atomic E-state index is 0.0968. The Hall–Kier alpha value is -1.59. The maximum absolute atomic E-state index is 12.5. The van der Waals surface area contributed by atoms with Gasteiger partial charge in [-0.2, -0.15) is 0 Å². The van der Waals surface area contributed by atoms with E-state index in [0.717, 1.165) is 65.2 Å². The fourth-order valence-corrected chi connectivity index (χ4v) is 3.79. The van der Waals surface area contributed by atoms with E-state index in [2.05, 4.69) is 34.5 Å². The van der Waals surface area contributed by atoms with Crippen LogP contribution in [0.2, 0.25) is 0 Å². The van der Waals surface area contributed by atoms with E-state index in [1.807, 2.05) is 11.0 Å². The lowest BCUT2D eigenvalue weighted by Gasteiger charge is -2.26. The van der Waals surface area contributed by atoms with Crippen molar-refractivity contribution in [3.05, 3.63) is 35.9 Å². The van der Waals surface area contributed by atoms with Gasteiger partial charge >= 0.3 is 6.03 Å². The molecule has 0 spiro atoms. The third-order valence-corrected chi connectivity index (χ3v) is 5.23. The number of amides is 2. The number of rotatable bonds is 7. The molecule has 5 heteroatoms. The average molecular weight is 345 g/mol. The summed E-state index contributed by atoms with van der Waals surface area (Å²) >= 11 is 0. The summed E-state index contributed by atoms with van der Waals surface area (Å²) in [6.07, 6.45) is 5.58. The Balaban J connectivity index is 1.32. The first kappa shape index (κ1) is 18.2. The molecule has 2 aliphatic rings. The van der Waals surface area contributed by atoms with Crippen LogP contribution in [-0.2, 0) is 4.74 Å². The Morgan fingerprint density at radius 1 is 1.08 bits per heavy atom. The Labute approximate surface area is 151 Å². The van der Waals surface area contributed by atoms with Crippen LogP contribution in [0.15, 0.2) is 30.3 Å². The minimum Gasteiger partial charge on any atom is -0.379 e. The molecule has 2 aliphatic heterocycles. The van der Waals surface area contributed by atoms with Crippen molar-refractivity contribution >= 4 is 6.03 Å². The minimum absolute atomic E-state index is 0.0968. The van der Waals surface area contributed by atoms with Crippen LogP contribution in [0.25, 0.3) is 0 Å². The number of urea groups is 1. The van der Waals surface area contributed by atoms with Crippen molar-refractivity contribution in [2.24, 2.45) is 0 Å². The summed E-state index contributed by atoms with van der Waals surface area (Å²) in [7, 11) is 0. The van der Waals surface area contributed by atoms with E-state index in [-0.39, 0.29) is 12.1 Å². The summed E-state index contributed by atoms with van der Waals surface area (Å²) in [4.78, 5) is 17.0. The molecule has 0 unspecified atom stereocenters. The molecule has 2 amide bonds. The van der Waals surface area contributed by atoms with E-state index in [1.54, 1.807) is 0 Å². The Kier molecular flexibility index (Phi) is 7.12. The van der Waals surface area contributed by atoms with Gasteiger partial charge < -0.3 is 15.0 Å². The highest BCUT2D eigenvalue weighted by atomic mass is 16.5. The molecule has 0 aliphatic carbocycles. The summed E-state index contributed by atoms with van der Waals surface area (Å²) in [5.41, 5.74) is 1.25. The zero-order valence-corrected chi connectivity index (χ0v) is 15.2. The first-order valence-corrected chi connectivity index (χ1v) is 9.74. The molecule has 0 saturated carbocycles. The predicted octanol–water partition coefficient (Wildman–Crippen LogP) is 3.04. The SMILES string of the molecule is O=C(NCCCCCN1CCOCC1)N1CCC[C@H]1c1ccccc1. The van der Waals surface area contributed by atoms with Crippen LogP contribution in [0.4, 0.5) is 4.79 Å². The molecule has 2 fully saturated rings. The van der Waals surface area contributed by atoms with Crippen molar-refractivity contribution in [3.8, 4) is 0 Å². The standard InChI is InChI=1S/C20H31N3O2/c24-20(21-11-5-2-6-12-22-14-16-25-17-15-22)23-13-7-10-19(23)18-8-3-1-4-9-18/h1,3-4,8-9,19H,2,5-7,10-17H2,(H,21,24)/t19-/m0/s1. The highest BCUT2D eigenvalue weighted by Gasteiger charge is 2.29. The summed E-state index contributed by atoms with van der Waals surface area (Å²) in [6, 6.07) is 10.7. The summed E-state index contributed by atoms with van der Waals surface area (Å²) in [5, 5.41) is 3.12. The van der Waals surface area contributed by atoms with Gasteiger partial charge in [0.15, 0.2) is 0 Å². The number of likely N-dealkylation sites (tertiary alicyclic amines) is 1. The molecule has 2 heterocycles. The lowest BCUT2D eigenvalue weighted by atomic mass is 10.1. The van der Waals surface area contributed by atoms with Gasteiger partial charge in [0.25, 0.3) is 0 Å². The molecule has 1 aromatic carbocycles. The van der Waals surface area contributed by atoms with E-state index in [9.17, 15) is 4.79 Å². The zero-order chi connectivity index (χ0) is 17.3. The molecule has 0 radical (unpaired) electrons. The molecular weight excluding hydrogens is 314 g/mol. The second-order valence-electron chi connectivity index (χ2n) is 7.01. The van der Waals surface area contributed by atoms with Crippen LogP contribution in [0.1, 0.15) is 43.7 Å². The molecule has 1 atom stereocenters. The average Bonchev–Trinajstić information content (AvgIpc) is 3.16. The summed E-state index contributed by atoms with van der Waals surface area (Å²) < 4.78 is 5.37. The van der Waals surface area contributed by atoms with E-state index in [4.69, 9.17) is 4.74 Å². The highest BCUT2D eigenvalue weighted by molar-refractivity contribution is 5.75. The largest absolute Gasteiger partial charge is 0.379 e. The van der Waals surface area contributed by atoms with Crippen LogP contribution >= 0.6 is 0 Å². The van der Waals surface area contributed by atoms with Crippen molar-refractivity contribution < 1.29 is 9.53 Å². The quantitative estimate of drug-likeness (QED) is 0.773. The highest BCUT2D eigenvalue weighted by Crippen LogP contribution is 2.31. The number of nitrogens with one attached hydrogen (secondary N) is 1. The summed E-state index contributed by atoms with van der Waals surface area (Å²) in [6.45, 7) is 6.66. The number of unbranched alkanes of at least 4 members (excludes halogenated alkanes) is 2. The topological polar surface area (TPSA) is 44.8 Å². The van der Waals surface area contributed by atoms with Crippen LogP contribution in [0.5, 0.6) is 0 Å². The first-order chi connectivity index (χ1) is 12.3. The second kappa shape index (κ2) is 9.78. The van der Waals surface area contributed by atoms with Crippen molar-refractivity contribution in [2.45, 2.75) is 38.1 Å². The molecule has 3 rings (SSSR count). The molecule has 2 saturated heterocycles. The van der Waals surface area contributed by atoms with E-state index >= 15 is 0 Å². The smallest absolute Gasteiger partial charge is 0.317 e. The van der Waals surface area contributed by atoms with Crippen molar-refractivity contribution in [3.63, 3.8) is 0 Å². The normalized spacial score (nSPS) is 21.4. The lowest BCUT2D eigenvalue weighted by Crippen LogP contribution is -2.40. The molecule has 0 aromatic heterocycles. The van der Waals surface area contributed by atoms with E-state index in [1.165, 1.54) is 18.4 Å². The monoisotopic (exact) mass is 345 g/mol. The number of benzene rings is 1. The third-order valence-electron chi connectivity index (χ3n) is 5.23. The van der Waals surface area contributed by atoms with Gasteiger partial charge in [0.2, 0.25) is 0 Å². The molecular formula is C20H31N3O2. The molecule has 1 N–H and O–H groups in total. The number of nitrogens with zero attached hydrogens (tertiary/aromatic N) is 2. The van der Waals surface area contributed by atoms with Gasteiger partial charge in [0, 0.05) is 26.2 Å². The molecule has 5 nitrogen and oxygen atoms in total. The van der Waals surface area contributed by atoms with Crippen molar-refractivity contribution in [1.29, 1.82) is 0 Å². The van der Waals surface area contributed by atoms with Gasteiger partial charge in [0.05, 0.1) is 19.3 Å². The van der Waals surface area contributed by atoms with Gasteiger partial charge in [-0.15, -0.1) is 0 Å². The lowest BCUT2D eigenvalue weighted by molar-refractivity contribution is 0.0371. The van der Waals surface area contributed by atoms with Crippen LogP contribution in [-0.4, -0.2) is 61.8 Å². The maximum atomic E-state index is 12.5. The van der Waals surface area contributed by atoms with Gasteiger partial charge in [-0.05, 0) is 37.8 Å². The van der Waals surface area contributed by atoms with Gasteiger partial charge in [-0.1, -0.05) is 36.8 Å². The Bertz CT molecular complexity index is 517. The van der Waals surface area contributed by atoms with Gasteiger partial charge in [0.1, 0.15) is 0 Å². The Morgan fingerprint density at radius 2 is 1.88 bits per heavy atom. The predicted molar refractivity (Wildman–Crippen MR) is 99.6 cm³/mol. The van der Waals surface area contributed by atoms with Crippen molar-refractivity contribution in [1.82, 2.24) is 15.1 Å². The Morgan fingerprint density at radius 3 is 2.68 bits per heavy atom. The van der Waals surface area contributed by atoms with E-state index in [0.29, 0.717) is 0 Å². The number of morpholine rings is 1. The fourth-order valence-electron chi connectivity index (χ4n) is 3.79. The number of hydrogen-bond donors (Lipinski definition) is 1. The molecule has 0 bridgehead atoms. The number of carbonyl (C=O) groups excluding carboxylic acids is 1. The van der Waals surface area contributed by atoms with Gasteiger partial charge in [-0.25, -0.2) is 4.79 Å². The molecule has 1 aromatic rings.